The Labute approximate surface area is 102 Å². The molecular formula is C13H21NOS. The number of hydrogen-bond donors (Lipinski definition) is 1. The highest BCUT2D eigenvalue weighted by atomic mass is 32.1. The van der Waals surface area contributed by atoms with Crippen molar-refractivity contribution in [2.75, 3.05) is 13.2 Å². The maximum atomic E-state index is 5.81. The van der Waals surface area contributed by atoms with E-state index in [1.54, 1.807) is 11.3 Å². The lowest BCUT2D eigenvalue weighted by Crippen LogP contribution is -2.29. The Hall–Kier alpha value is -0.380. The van der Waals surface area contributed by atoms with E-state index in [-0.39, 0.29) is 0 Å². The van der Waals surface area contributed by atoms with E-state index >= 15 is 0 Å². The van der Waals surface area contributed by atoms with Crippen LogP contribution in [0.15, 0.2) is 17.5 Å². The number of hydrogen-bond acceptors (Lipinski definition) is 3. The molecule has 16 heavy (non-hydrogen) atoms. The van der Waals surface area contributed by atoms with E-state index in [1.807, 2.05) is 0 Å². The molecule has 2 nitrogen and oxygen atoms in total. The summed E-state index contributed by atoms with van der Waals surface area (Å²) < 4.78 is 5.80. The van der Waals surface area contributed by atoms with Gasteiger partial charge < -0.3 is 10.5 Å². The van der Waals surface area contributed by atoms with E-state index in [1.165, 1.54) is 30.6 Å². The van der Waals surface area contributed by atoms with Crippen molar-refractivity contribution in [1.29, 1.82) is 0 Å². The van der Waals surface area contributed by atoms with Crippen molar-refractivity contribution in [1.82, 2.24) is 0 Å². The first kappa shape index (κ1) is 12.1. The van der Waals surface area contributed by atoms with E-state index < -0.39 is 0 Å². The monoisotopic (exact) mass is 239 g/mol. The van der Waals surface area contributed by atoms with Gasteiger partial charge in [0, 0.05) is 4.88 Å². The smallest absolute Gasteiger partial charge is 0.0809 e. The molecule has 2 N–H and O–H groups in total. The summed E-state index contributed by atoms with van der Waals surface area (Å²) >= 11 is 1.77. The minimum atomic E-state index is 0.692. The molecule has 0 radical (unpaired) electrons. The summed E-state index contributed by atoms with van der Waals surface area (Å²) in [5.41, 5.74) is 5.81. The minimum Gasteiger partial charge on any atom is -0.376 e. The van der Waals surface area contributed by atoms with Crippen molar-refractivity contribution in [2.45, 2.75) is 32.3 Å². The Morgan fingerprint density at radius 2 is 2.12 bits per heavy atom. The van der Waals surface area contributed by atoms with Gasteiger partial charge >= 0.3 is 0 Å². The molecule has 1 aromatic heterocycles. The van der Waals surface area contributed by atoms with Gasteiger partial charge in [0.2, 0.25) is 0 Å². The Morgan fingerprint density at radius 3 is 2.81 bits per heavy atom. The lowest BCUT2D eigenvalue weighted by atomic mass is 9.80. The second-order valence-corrected chi connectivity index (χ2v) is 5.67. The molecule has 1 saturated carbocycles. The first-order valence-electron chi connectivity index (χ1n) is 6.20. The van der Waals surface area contributed by atoms with Crippen LogP contribution >= 0.6 is 11.3 Å². The molecule has 1 fully saturated rings. The molecule has 1 heterocycles. The van der Waals surface area contributed by atoms with Crippen molar-refractivity contribution in [3.05, 3.63) is 22.4 Å². The molecule has 0 spiro atoms. The minimum absolute atomic E-state index is 0.692. The standard InChI is InChI=1S/C13H21NOS/c14-8-11-4-1-2-5-12(11)9-15-10-13-6-3-7-16-13/h3,6-7,11-12H,1-2,4-5,8-10,14H2. The van der Waals surface area contributed by atoms with Crippen molar-refractivity contribution in [2.24, 2.45) is 17.6 Å². The fourth-order valence-corrected chi connectivity index (χ4v) is 3.16. The molecule has 0 saturated heterocycles. The lowest BCUT2D eigenvalue weighted by Gasteiger charge is -2.30. The zero-order valence-corrected chi connectivity index (χ0v) is 10.5. The highest BCUT2D eigenvalue weighted by Crippen LogP contribution is 2.29. The first-order valence-corrected chi connectivity index (χ1v) is 7.08. The van der Waals surface area contributed by atoms with Crippen molar-refractivity contribution >= 4 is 11.3 Å². The van der Waals surface area contributed by atoms with Gasteiger partial charge in [0.05, 0.1) is 13.2 Å². The Kier molecular flexibility index (Phi) is 4.82. The molecular weight excluding hydrogens is 218 g/mol. The molecule has 0 aliphatic heterocycles. The highest BCUT2D eigenvalue weighted by molar-refractivity contribution is 7.09. The van der Waals surface area contributed by atoms with Gasteiger partial charge in [-0.25, -0.2) is 0 Å². The summed E-state index contributed by atoms with van der Waals surface area (Å²) in [6.45, 7) is 2.48. The molecule has 0 bridgehead atoms. The van der Waals surface area contributed by atoms with Crippen LogP contribution in [0.5, 0.6) is 0 Å². The van der Waals surface area contributed by atoms with E-state index in [0.717, 1.165) is 19.8 Å². The third-order valence-corrected chi connectivity index (χ3v) is 4.38. The van der Waals surface area contributed by atoms with Crippen LogP contribution in [0.3, 0.4) is 0 Å². The first-order chi connectivity index (χ1) is 7.90. The normalized spacial score (nSPS) is 25.8. The Balaban J connectivity index is 1.71. The van der Waals surface area contributed by atoms with E-state index in [0.29, 0.717) is 11.8 Å². The number of nitrogens with two attached hydrogens (primary N) is 1. The summed E-state index contributed by atoms with van der Waals surface area (Å²) in [7, 11) is 0. The predicted molar refractivity (Wildman–Crippen MR) is 68.5 cm³/mol. The fourth-order valence-electron chi connectivity index (χ4n) is 2.52. The molecule has 90 valence electrons. The number of ether oxygens (including phenoxy) is 1. The summed E-state index contributed by atoms with van der Waals surface area (Å²) in [6.07, 6.45) is 5.29. The van der Waals surface area contributed by atoms with Crippen LogP contribution in [0.2, 0.25) is 0 Å². The molecule has 3 heteroatoms. The second kappa shape index (κ2) is 6.38. The Bertz CT molecular complexity index is 286. The highest BCUT2D eigenvalue weighted by Gasteiger charge is 2.23. The van der Waals surface area contributed by atoms with Crippen LogP contribution in [-0.2, 0) is 11.3 Å². The van der Waals surface area contributed by atoms with Gasteiger partial charge in [-0.05, 0) is 42.7 Å². The molecule has 1 aromatic rings. The van der Waals surface area contributed by atoms with Gasteiger partial charge in [0.25, 0.3) is 0 Å². The van der Waals surface area contributed by atoms with E-state index in [4.69, 9.17) is 10.5 Å². The van der Waals surface area contributed by atoms with E-state index in [9.17, 15) is 0 Å². The van der Waals surface area contributed by atoms with Crippen LogP contribution in [0.1, 0.15) is 30.6 Å². The predicted octanol–water partition coefficient (Wildman–Crippen LogP) is 3.03. The topological polar surface area (TPSA) is 35.2 Å². The van der Waals surface area contributed by atoms with Crippen LogP contribution in [0, 0.1) is 11.8 Å². The summed E-state index contributed by atoms with van der Waals surface area (Å²) in [4.78, 5) is 1.32. The fraction of sp³-hybridized carbons (Fsp3) is 0.692. The Morgan fingerprint density at radius 1 is 1.31 bits per heavy atom. The lowest BCUT2D eigenvalue weighted by molar-refractivity contribution is 0.0525. The average molecular weight is 239 g/mol. The van der Waals surface area contributed by atoms with Crippen molar-refractivity contribution in [3.8, 4) is 0 Å². The third kappa shape index (κ3) is 3.30. The molecule has 2 unspecified atom stereocenters. The van der Waals surface area contributed by atoms with Gasteiger partial charge in [0.1, 0.15) is 0 Å². The number of thiophene rings is 1. The molecule has 1 aliphatic carbocycles. The van der Waals surface area contributed by atoms with Gasteiger partial charge in [-0.3, -0.25) is 0 Å². The molecule has 1 aliphatic rings. The van der Waals surface area contributed by atoms with Crippen LogP contribution in [0.25, 0.3) is 0 Å². The molecule has 2 rings (SSSR count). The van der Waals surface area contributed by atoms with Gasteiger partial charge in [-0.1, -0.05) is 18.9 Å². The summed E-state index contributed by atoms with van der Waals surface area (Å²) in [6, 6.07) is 4.21. The number of rotatable bonds is 5. The molecule has 0 amide bonds. The third-order valence-electron chi connectivity index (χ3n) is 3.53. The van der Waals surface area contributed by atoms with Gasteiger partial charge in [0.15, 0.2) is 0 Å². The van der Waals surface area contributed by atoms with Crippen LogP contribution < -0.4 is 5.73 Å². The van der Waals surface area contributed by atoms with E-state index in [2.05, 4.69) is 17.5 Å². The zero-order valence-electron chi connectivity index (χ0n) is 9.73. The van der Waals surface area contributed by atoms with Gasteiger partial charge in [-0.2, -0.15) is 0 Å². The maximum absolute atomic E-state index is 5.81. The average Bonchev–Trinajstić information content (AvgIpc) is 2.83. The second-order valence-electron chi connectivity index (χ2n) is 4.63. The van der Waals surface area contributed by atoms with Crippen LogP contribution in [0.4, 0.5) is 0 Å². The summed E-state index contributed by atoms with van der Waals surface area (Å²) in [5, 5.41) is 2.10. The molecule has 0 aromatic carbocycles. The van der Waals surface area contributed by atoms with Gasteiger partial charge in [-0.15, -0.1) is 11.3 Å². The largest absolute Gasteiger partial charge is 0.376 e. The van der Waals surface area contributed by atoms with Crippen LogP contribution in [-0.4, -0.2) is 13.2 Å². The van der Waals surface area contributed by atoms with Crippen molar-refractivity contribution < 1.29 is 4.74 Å². The SMILES string of the molecule is NCC1CCCCC1COCc1cccs1. The maximum Gasteiger partial charge on any atom is 0.0809 e. The van der Waals surface area contributed by atoms with Crippen molar-refractivity contribution in [3.63, 3.8) is 0 Å². The molecule has 2 atom stereocenters. The zero-order chi connectivity index (χ0) is 11.2. The summed E-state index contributed by atoms with van der Waals surface area (Å²) in [5.74, 6) is 1.38. The quantitative estimate of drug-likeness (QED) is 0.857.